The van der Waals surface area contributed by atoms with Gasteiger partial charge in [0.15, 0.2) is 0 Å². The first-order chi connectivity index (χ1) is 13.2. The van der Waals surface area contributed by atoms with Crippen LogP contribution in [0, 0.1) is 0 Å². The van der Waals surface area contributed by atoms with Gasteiger partial charge >= 0.3 is 0 Å². The first-order valence-electron chi connectivity index (χ1n) is 9.51. The number of allylic oxidation sites excluding steroid dienone is 1. The summed E-state index contributed by atoms with van der Waals surface area (Å²) in [6.45, 7) is 4.16. The second-order valence-corrected chi connectivity index (χ2v) is 7.56. The molecule has 0 saturated carbocycles. The highest BCUT2D eigenvalue weighted by Crippen LogP contribution is 2.22. The van der Waals surface area contributed by atoms with Crippen molar-refractivity contribution in [3.8, 4) is 0 Å². The Bertz CT molecular complexity index is 1020. The largest absolute Gasteiger partial charge is 0.390 e. The van der Waals surface area contributed by atoms with Gasteiger partial charge in [-0.1, -0.05) is 30.3 Å². The Morgan fingerprint density at radius 2 is 1.78 bits per heavy atom. The van der Waals surface area contributed by atoms with Gasteiger partial charge in [-0.3, -0.25) is 9.89 Å². The number of nitrogens with zero attached hydrogens (tertiary/aromatic N) is 3. The number of aliphatic hydroxyl groups is 1. The Kier molecular flexibility index (Phi) is 4.15. The molecule has 136 valence electrons. The van der Waals surface area contributed by atoms with Crippen molar-refractivity contribution in [2.24, 2.45) is 4.99 Å². The number of hydrogen-bond acceptors (Lipinski definition) is 3. The molecule has 1 N–H and O–H groups in total. The molecular formula is C23H23N3O. The Hall–Kier alpha value is -2.69. The summed E-state index contributed by atoms with van der Waals surface area (Å²) < 4.78 is 2.31. The van der Waals surface area contributed by atoms with E-state index >= 15 is 0 Å². The number of fused-ring (bicyclic) bond motifs is 1. The molecule has 2 aliphatic heterocycles. The van der Waals surface area contributed by atoms with Crippen LogP contribution >= 0.6 is 0 Å². The van der Waals surface area contributed by atoms with Crippen LogP contribution in [0.4, 0.5) is 0 Å². The normalized spacial score (nSPS) is 17.4. The molecule has 0 bridgehead atoms. The smallest absolute Gasteiger partial charge is 0.0794 e. The van der Waals surface area contributed by atoms with Crippen LogP contribution in [-0.4, -0.2) is 46.5 Å². The van der Waals surface area contributed by atoms with Crippen LogP contribution in [0.15, 0.2) is 65.8 Å². The molecule has 3 aromatic rings. The molecule has 1 saturated heterocycles. The molecule has 4 heteroatoms. The number of aliphatic imine (C=N–C) groups is 1. The van der Waals surface area contributed by atoms with E-state index in [9.17, 15) is 5.11 Å². The molecule has 4 nitrogen and oxygen atoms in total. The van der Waals surface area contributed by atoms with Crippen LogP contribution in [0.3, 0.4) is 0 Å². The van der Waals surface area contributed by atoms with Crippen LogP contribution < -0.4 is 0 Å². The summed E-state index contributed by atoms with van der Waals surface area (Å²) in [6.07, 6.45) is 6.00. The van der Waals surface area contributed by atoms with E-state index in [1.165, 1.54) is 33.2 Å². The number of β-amino-alcohol motifs (C(OH)–C–C–N with tert-alkyl or cyclic N) is 1. The van der Waals surface area contributed by atoms with Crippen LogP contribution in [-0.2, 0) is 13.1 Å². The van der Waals surface area contributed by atoms with Gasteiger partial charge in [0.05, 0.1) is 12.6 Å². The van der Waals surface area contributed by atoms with Gasteiger partial charge in [0, 0.05) is 44.1 Å². The van der Waals surface area contributed by atoms with Crippen LogP contribution in [0.5, 0.6) is 0 Å². The van der Waals surface area contributed by atoms with Gasteiger partial charge in [-0.15, -0.1) is 0 Å². The summed E-state index contributed by atoms with van der Waals surface area (Å²) >= 11 is 0. The van der Waals surface area contributed by atoms with E-state index in [0.717, 1.165) is 32.7 Å². The Morgan fingerprint density at radius 3 is 2.52 bits per heavy atom. The molecule has 3 heterocycles. The third-order valence-corrected chi connectivity index (χ3v) is 5.50. The fourth-order valence-corrected chi connectivity index (χ4v) is 3.97. The minimum atomic E-state index is -0.140. The molecule has 0 amide bonds. The third-order valence-electron chi connectivity index (χ3n) is 5.50. The molecule has 5 rings (SSSR count). The second kappa shape index (κ2) is 6.80. The van der Waals surface area contributed by atoms with Crippen molar-refractivity contribution in [2.45, 2.75) is 19.2 Å². The van der Waals surface area contributed by atoms with Crippen molar-refractivity contribution >= 4 is 22.7 Å². The summed E-state index contributed by atoms with van der Waals surface area (Å²) in [5, 5.41) is 10.7. The highest BCUT2D eigenvalue weighted by Gasteiger charge is 2.23. The van der Waals surface area contributed by atoms with Crippen molar-refractivity contribution < 1.29 is 5.11 Å². The molecular weight excluding hydrogens is 334 g/mol. The van der Waals surface area contributed by atoms with E-state index in [1.54, 1.807) is 0 Å². The number of aromatic nitrogens is 1. The van der Waals surface area contributed by atoms with E-state index in [4.69, 9.17) is 0 Å². The Labute approximate surface area is 159 Å². The lowest BCUT2D eigenvalue weighted by atomic mass is 10.0. The predicted octanol–water partition coefficient (Wildman–Crippen LogP) is 3.33. The summed E-state index contributed by atoms with van der Waals surface area (Å²) in [7, 11) is 0. The molecule has 0 atom stereocenters. The summed E-state index contributed by atoms with van der Waals surface area (Å²) in [4.78, 5) is 6.53. The van der Waals surface area contributed by atoms with Crippen molar-refractivity contribution in [1.29, 1.82) is 0 Å². The Balaban J connectivity index is 1.31. The molecule has 0 spiro atoms. The number of benzene rings is 2. The minimum Gasteiger partial charge on any atom is -0.390 e. The van der Waals surface area contributed by atoms with E-state index in [2.05, 4.69) is 75.3 Å². The quantitative estimate of drug-likeness (QED) is 0.761. The molecule has 2 aromatic carbocycles. The first-order valence-corrected chi connectivity index (χ1v) is 9.51. The molecule has 1 fully saturated rings. The van der Waals surface area contributed by atoms with Gasteiger partial charge in [-0.2, -0.15) is 0 Å². The van der Waals surface area contributed by atoms with Gasteiger partial charge in [0.25, 0.3) is 0 Å². The van der Waals surface area contributed by atoms with Crippen molar-refractivity contribution in [2.75, 3.05) is 19.6 Å². The monoisotopic (exact) mass is 357 g/mol. The highest BCUT2D eigenvalue weighted by atomic mass is 16.3. The van der Waals surface area contributed by atoms with Gasteiger partial charge in [-0.25, -0.2) is 0 Å². The molecule has 1 aromatic heterocycles. The van der Waals surface area contributed by atoms with E-state index in [1.807, 2.05) is 6.21 Å². The van der Waals surface area contributed by atoms with Crippen LogP contribution in [0.25, 0.3) is 16.5 Å². The van der Waals surface area contributed by atoms with Crippen molar-refractivity contribution in [3.05, 3.63) is 77.5 Å². The maximum atomic E-state index is 9.44. The average molecular weight is 357 g/mol. The number of likely N-dealkylation sites (tertiary alicyclic amines) is 1. The maximum Gasteiger partial charge on any atom is 0.0794 e. The van der Waals surface area contributed by atoms with E-state index in [-0.39, 0.29) is 6.10 Å². The SMILES string of the molecule is OC1CN(Cc2ccc3c(ccn3Cc3ccc(C4=CC=NC4)cc3)c2)C1. The number of aliphatic hydroxyl groups excluding tert-OH is 1. The van der Waals surface area contributed by atoms with Gasteiger partial charge in [0.1, 0.15) is 0 Å². The van der Waals surface area contributed by atoms with Crippen molar-refractivity contribution in [1.82, 2.24) is 9.47 Å². The van der Waals surface area contributed by atoms with Crippen LogP contribution in [0.2, 0.25) is 0 Å². The molecule has 0 unspecified atom stereocenters. The lowest BCUT2D eigenvalue weighted by Crippen LogP contribution is -2.49. The standard InChI is InChI=1S/C23H23N3O/c27-22-15-25(16-22)13-18-3-6-23-20(11-18)8-10-26(23)14-17-1-4-19(5-2-17)21-7-9-24-12-21/h1-11,22,27H,12-16H2. The van der Waals surface area contributed by atoms with E-state index < -0.39 is 0 Å². The van der Waals surface area contributed by atoms with Gasteiger partial charge in [0.2, 0.25) is 0 Å². The summed E-state index contributed by atoms with van der Waals surface area (Å²) in [5.41, 5.74) is 6.42. The molecule has 27 heavy (non-hydrogen) atoms. The minimum absolute atomic E-state index is 0.140. The van der Waals surface area contributed by atoms with Gasteiger partial charge < -0.3 is 9.67 Å². The molecule has 2 aliphatic rings. The molecule has 0 aliphatic carbocycles. The van der Waals surface area contributed by atoms with Crippen LogP contribution in [0.1, 0.15) is 16.7 Å². The topological polar surface area (TPSA) is 40.8 Å². The zero-order valence-corrected chi connectivity index (χ0v) is 15.3. The fraction of sp³-hybridized carbons (Fsp3) is 0.261. The fourth-order valence-electron chi connectivity index (χ4n) is 3.97. The lowest BCUT2D eigenvalue weighted by Gasteiger charge is -2.35. The zero-order valence-electron chi connectivity index (χ0n) is 15.3. The Morgan fingerprint density at radius 1 is 0.963 bits per heavy atom. The highest BCUT2D eigenvalue weighted by molar-refractivity contribution is 5.89. The lowest BCUT2D eigenvalue weighted by molar-refractivity contribution is -0.00284. The van der Waals surface area contributed by atoms with Gasteiger partial charge in [-0.05, 0) is 51.9 Å². The number of rotatable bonds is 5. The zero-order chi connectivity index (χ0) is 18.2. The van der Waals surface area contributed by atoms with Crippen molar-refractivity contribution in [3.63, 3.8) is 0 Å². The predicted molar refractivity (Wildman–Crippen MR) is 110 cm³/mol. The number of hydrogen-bond donors (Lipinski definition) is 1. The second-order valence-electron chi connectivity index (χ2n) is 7.56. The first kappa shape index (κ1) is 16.5. The third kappa shape index (κ3) is 3.34. The summed E-state index contributed by atoms with van der Waals surface area (Å²) in [6, 6.07) is 17.7. The van der Waals surface area contributed by atoms with E-state index in [0.29, 0.717) is 0 Å². The maximum absolute atomic E-state index is 9.44. The summed E-state index contributed by atoms with van der Waals surface area (Å²) in [5.74, 6) is 0. The molecule has 0 radical (unpaired) electrons. The average Bonchev–Trinajstić information content (AvgIpc) is 3.32.